The lowest BCUT2D eigenvalue weighted by atomic mass is 10.3. The van der Waals surface area contributed by atoms with Crippen molar-refractivity contribution in [3.8, 4) is 0 Å². The maximum atomic E-state index is 12.5. The van der Waals surface area contributed by atoms with Crippen LogP contribution in [0.2, 0.25) is 5.02 Å². The summed E-state index contributed by atoms with van der Waals surface area (Å²) in [4.78, 5) is 25.3. The molecule has 3 rings (SSSR count). The van der Waals surface area contributed by atoms with E-state index in [0.717, 1.165) is 36.9 Å². The van der Waals surface area contributed by atoms with Crippen LogP contribution in [-0.4, -0.2) is 47.0 Å². The van der Waals surface area contributed by atoms with E-state index in [1.165, 1.54) is 0 Å². The fraction of sp³-hybridized carbons (Fsp3) is 0.400. The first-order valence-corrected chi connectivity index (χ1v) is 8.47. The lowest BCUT2D eigenvalue weighted by Gasteiger charge is -2.21. The lowest BCUT2D eigenvalue weighted by Crippen LogP contribution is -2.35. The molecule has 3 heterocycles. The Morgan fingerprint density at radius 1 is 1.32 bits per heavy atom. The lowest BCUT2D eigenvalue weighted by molar-refractivity contribution is 0.0761. The molecule has 22 heavy (non-hydrogen) atoms. The van der Waals surface area contributed by atoms with Crippen molar-refractivity contribution in [1.82, 2.24) is 14.9 Å². The standard InChI is InChI=1S/C15H17ClN4OS/c1-11-10-22-15(18-11)20-6-2-5-19(7-8-20)14(21)13-9-12(16)3-4-17-13/h3-4,9-10H,2,5-8H2,1H3. The molecule has 0 unspecified atom stereocenters. The summed E-state index contributed by atoms with van der Waals surface area (Å²) in [7, 11) is 0. The molecular weight excluding hydrogens is 320 g/mol. The van der Waals surface area contributed by atoms with Crippen molar-refractivity contribution in [2.45, 2.75) is 13.3 Å². The molecule has 0 radical (unpaired) electrons. The van der Waals surface area contributed by atoms with Gasteiger partial charge in [0.1, 0.15) is 5.69 Å². The van der Waals surface area contributed by atoms with Crippen LogP contribution in [0.15, 0.2) is 23.7 Å². The van der Waals surface area contributed by atoms with Gasteiger partial charge in [-0.05, 0) is 25.5 Å². The van der Waals surface area contributed by atoms with Crippen LogP contribution < -0.4 is 4.90 Å². The maximum Gasteiger partial charge on any atom is 0.272 e. The summed E-state index contributed by atoms with van der Waals surface area (Å²) >= 11 is 7.59. The van der Waals surface area contributed by atoms with E-state index in [1.807, 2.05) is 11.8 Å². The highest BCUT2D eigenvalue weighted by molar-refractivity contribution is 7.13. The van der Waals surface area contributed by atoms with E-state index in [2.05, 4.69) is 20.2 Å². The van der Waals surface area contributed by atoms with Crippen LogP contribution in [0, 0.1) is 6.92 Å². The zero-order chi connectivity index (χ0) is 15.5. The third kappa shape index (κ3) is 3.39. The van der Waals surface area contributed by atoms with Crippen LogP contribution in [0.1, 0.15) is 22.6 Å². The normalized spacial score (nSPS) is 15.7. The largest absolute Gasteiger partial charge is 0.346 e. The van der Waals surface area contributed by atoms with Gasteiger partial charge in [-0.3, -0.25) is 9.78 Å². The second kappa shape index (κ2) is 6.62. The highest BCUT2D eigenvalue weighted by atomic mass is 35.5. The van der Waals surface area contributed by atoms with Crippen molar-refractivity contribution in [2.75, 3.05) is 31.1 Å². The molecule has 2 aromatic rings. The van der Waals surface area contributed by atoms with E-state index in [0.29, 0.717) is 17.3 Å². The average Bonchev–Trinajstić information content (AvgIpc) is 2.80. The zero-order valence-electron chi connectivity index (χ0n) is 12.3. The molecule has 1 aliphatic rings. The maximum absolute atomic E-state index is 12.5. The number of thiazole rings is 1. The van der Waals surface area contributed by atoms with Gasteiger partial charge in [-0.1, -0.05) is 11.6 Å². The number of halogens is 1. The topological polar surface area (TPSA) is 49.3 Å². The van der Waals surface area contributed by atoms with Gasteiger partial charge in [0, 0.05) is 42.8 Å². The number of nitrogens with zero attached hydrogens (tertiary/aromatic N) is 4. The highest BCUT2D eigenvalue weighted by Gasteiger charge is 2.22. The van der Waals surface area contributed by atoms with Gasteiger partial charge in [0.15, 0.2) is 5.13 Å². The molecule has 0 bridgehead atoms. The summed E-state index contributed by atoms with van der Waals surface area (Å²) in [6.07, 6.45) is 2.49. The van der Waals surface area contributed by atoms with E-state index < -0.39 is 0 Å². The molecule has 7 heteroatoms. The first-order chi connectivity index (χ1) is 10.6. The predicted octanol–water partition coefficient (Wildman–Crippen LogP) is 2.85. The summed E-state index contributed by atoms with van der Waals surface area (Å²) < 4.78 is 0. The minimum absolute atomic E-state index is 0.0559. The molecule has 1 aliphatic heterocycles. The van der Waals surface area contributed by atoms with Crippen LogP contribution in [0.4, 0.5) is 5.13 Å². The first kappa shape index (κ1) is 15.2. The van der Waals surface area contributed by atoms with Crippen molar-refractivity contribution >= 4 is 34.0 Å². The fourth-order valence-electron chi connectivity index (χ4n) is 2.48. The molecule has 0 N–H and O–H groups in total. The zero-order valence-corrected chi connectivity index (χ0v) is 13.9. The van der Waals surface area contributed by atoms with Gasteiger partial charge < -0.3 is 9.80 Å². The third-order valence-corrected chi connectivity index (χ3v) is 4.86. The minimum atomic E-state index is -0.0559. The second-order valence-corrected chi connectivity index (χ2v) is 6.54. The summed E-state index contributed by atoms with van der Waals surface area (Å²) in [5.41, 5.74) is 1.45. The van der Waals surface area contributed by atoms with E-state index in [4.69, 9.17) is 11.6 Å². The van der Waals surface area contributed by atoms with Crippen molar-refractivity contribution in [3.63, 3.8) is 0 Å². The van der Waals surface area contributed by atoms with Crippen LogP contribution in [0.25, 0.3) is 0 Å². The van der Waals surface area contributed by atoms with Gasteiger partial charge >= 0.3 is 0 Å². The quantitative estimate of drug-likeness (QED) is 0.846. The molecule has 0 atom stereocenters. The molecule has 0 saturated carbocycles. The van der Waals surface area contributed by atoms with Gasteiger partial charge in [0.2, 0.25) is 0 Å². The Morgan fingerprint density at radius 3 is 2.91 bits per heavy atom. The van der Waals surface area contributed by atoms with E-state index in [9.17, 15) is 4.79 Å². The number of rotatable bonds is 2. The number of hydrogen-bond donors (Lipinski definition) is 0. The number of aromatic nitrogens is 2. The third-order valence-electron chi connectivity index (χ3n) is 3.60. The van der Waals surface area contributed by atoms with E-state index in [1.54, 1.807) is 29.7 Å². The van der Waals surface area contributed by atoms with Gasteiger partial charge in [-0.25, -0.2) is 4.98 Å². The highest BCUT2D eigenvalue weighted by Crippen LogP contribution is 2.22. The molecule has 0 aliphatic carbocycles. The van der Waals surface area contributed by atoms with Gasteiger partial charge in [0.25, 0.3) is 5.91 Å². The van der Waals surface area contributed by atoms with Gasteiger partial charge in [0.05, 0.1) is 5.69 Å². The first-order valence-electron chi connectivity index (χ1n) is 7.21. The number of pyridine rings is 1. The summed E-state index contributed by atoms with van der Waals surface area (Å²) in [6, 6.07) is 3.30. The molecule has 116 valence electrons. The van der Waals surface area contributed by atoms with E-state index in [-0.39, 0.29) is 5.91 Å². The Labute approximate surface area is 138 Å². The van der Waals surface area contributed by atoms with Crippen LogP contribution >= 0.6 is 22.9 Å². The molecule has 1 fully saturated rings. The van der Waals surface area contributed by atoms with Crippen molar-refractivity contribution in [2.24, 2.45) is 0 Å². The van der Waals surface area contributed by atoms with Gasteiger partial charge in [-0.2, -0.15) is 0 Å². The molecule has 5 nitrogen and oxygen atoms in total. The van der Waals surface area contributed by atoms with Crippen molar-refractivity contribution in [3.05, 3.63) is 40.1 Å². The summed E-state index contributed by atoms with van der Waals surface area (Å²) in [6.45, 7) is 5.11. The van der Waals surface area contributed by atoms with Crippen molar-refractivity contribution < 1.29 is 4.79 Å². The number of carbonyl (C=O) groups is 1. The summed E-state index contributed by atoms with van der Waals surface area (Å²) in [5.74, 6) is -0.0559. The Balaban J connectivity index is 1.68. The number of anilines is 1. The smallest absolute Gasteiger partial charge is 0.272 e. The molecule has 1 amide bonds. The van der Waals surface area contributed by atoms with Crippen LogP contribution in [-0.2, 0) is 0 Å². The molecular formula is C15H17ClN4OS. The number of hydrogen-bond acceptors (Lipinski definition) is 5. The molecule has 0 aromatic carbocycles. The Kier molecular flexibility index (Phi) is 4.59. The number of aryl methyl sites for hydroxylation is 1. The number of carbonyl (C=O) groups excluding carboxylic acids is 1. The monoisotopic (exact) mass is 336 g/mol. The number of amides is 1. The Morgan fingerprint density at radius 2 is 2.18 bits per heavy atom. The second-order valence-electron chi connectivity index (χ2n) is 5.26. The van der Waals surface area contributed by atoms with Crippen LogP contribution in [0.3, 0.4) is 0 Å². The molecule has 1 saturated heterocycles. The fourth-order valence-corrected chi connectivity index (χ4v) is 3.50. The average molecular weight is 337 g/mol. The minimum Gasteiger partial charge on any atom is -0.346 e. The SMILES string of the molecule is Cc1csc(N2CCCN(C(=O)c3cc(Cl)ccn3)CC2)n1. The van der Waals surface area contributed by atoms with Gasteiger partial charge in [-0.15, -0.1) is 11.3 Å². The summed E-state index contributed by atoms with van der Waals surface area (Å²) in [5, 5.41) is 3.62. The Hall–Kier alpha value is -1.66. The van der Waals surface area contributed by atoms with Crippen LogP contribution in [0.5, 0.6) is 0 Å². The Bertz CT molecular complexity index is 675. The predicted molar refractivity (Wildman–Crippen MR) is 88.8 cm³/mol. The van der Waals surface area contributed by atoms with Crippen molar-refractivity contribution in [1.29, 1.82) is 0 Å². The van der Waals surface area contributed by atoms with E-state index >= 15 is 0 Å². The molecule has 2 aromatic heterocycles. The molecule has 0 spiro atoms.